The summed E-state index contributed by atoms with van der Waals surface area (Å²) >= 11 is 0. The molecular formula is C17H22N2O2. The summed E-state index contributed by atoms with van der Waals surface area (Å²) in [5.74, 6) is 0.440. The highest BCUT2D eigenvalue weighted by Crippen LogP contribution is 2.20. The van der Waals surface area contributed by atoms with Crippen LogP contribution < -0.4 is 4.74 Å². The van der Waals surface area contributed by atoms with E-state index in [-0.39, 0.29) is 5.97 Å². The summed E-state index contributed by atoms with van der Waals surface area (Å²) in [6.45, 7) is 7.96. The van der Waals surface area contributed by atoms with Crippen LogP contribution in [0.1, 0.15) is 34.5 Å². The van der Waals surface area contributed by atoms with E-state index < -0.39 is 0 Å². The van der Waals surface area contributed by atoms with E-state index in [1.54, 1.807) is 0 Å². The molecule has 2 rings (SSSR count). The number of aryl methyl sites for hydroxylation is 4. The van der Waals surface area contributed by atoms with Gasteiger partial charge in [0.15, 0.2) is 0 Å². The van der Waals surface area contributed by atoms with Gasteiger partial charge in [-0.1, -0.05) is 17.7 Å². The minimum Gasteiger partial charge on any atom is -0.426 e. The second-order valence-electron chi connectivity index (χ2n) is 5.52. The molecule has 1 heterocycles. The molecule has 0 aliphatic carbocycles. The summed E-state index contributed by atoms with van der Waals surface area (Å²) in [5.41, 5.74) is 5.36. The number of ether oxygens (including phenoxy) is 1. The first-order valence-electron chi connectivity index (χ1n) is 7.15. The van der Waals surface area contributed by atoms with Gasteiger partial charge >= 0.3 is 5.97 Å². The fourth-order valence-corrected chi connectivity index (χ4v) is 2.49. The molecule has 0 aliphatic heterocycles. The first-order valence-corrected chi connectivity index (χ1v) is 7.15. The molecule has 0 atom stereocenters. The highest BCUT2D eigenvalue weighted by molar-refractivity contribution is 5.73. The van der Waals surface area contributed by atoms with Crippen molar-refractivity contribution in [2.45, 2.75) is 40.5 Å². The summed E-state index contributed by atoms with van der Waals surface area (Å²) in [5, 5.41) is 4.36. The number of aromatic nitrogens is 2. The Bertz CT molecular complexity index is 672. The lowest BCUT2D eigenvalue weighted by Crippen LogP contribution is -2.10. The highest BCUT2D eigenvalue weighted by Gasteiger charge is 2.13. The first-order chi connectivity index (χ1) is 9.88. The molecule has 0 radical (unpaired) electrons. The minimum atomic E-state index is -0.204. The van der Waals surface area contributed by atoms with E-state index >= 15 is 0 Å². The quantitative estimate of drug-likeness (QED) is 0.640. The van der Waals surface area contributed by atoms with Gasteiger partial charge in [0, 0.05) is 12.7 Å². The topological polar surface area (TPSA) is 44.1 Å². The van der Waals surface area contributed by atoms with Crippen molar-refractivity contribution in [2.75, 3.05) is 0 Å². The van der Waals surface area contributed by atoms with Crippen LogP contribution in [0.15, 0.2) is 18.2 Å². The van der Waals surface area contributed by atoms with Crippen molar-refractivity contribution in [2.24, 2.45) is 7.05 Å². The maximum Gasteiger partial charge on any atom is 0.311 e. The zero-order valence-electron chi connectivity index (χ0n) is 13.4. The van der Waals surface area contributed by atoms with Crippen LogP contribution in [0.3, 0.4) is 0 Å². The Morgan fingerprint density at radius 1 is 1.24 bits per heavy atom. The van der Waals surface area contributed by atoms with Gasteiger partial charge in [0.1, 0.15) is 5.75 Å². The van der Waals surface area contributed by atoms with Crippen molar-refractivity contribution < 1.29 is 9.53 Å². The molecule has 0 spiro atoms. The third-order valence-electron chi connectivity index (χ3n) is 3.79. The summed E-state index contributed by atoms with van der Waals surface area (Å²) < 4.78 is 7.29. The zero-order valence-corrected chi connectivity index (χ0v) is 13.4. The standard InChI is InChI=1S/C17H22N2O2/c1-11-6-8-16(12(2)10-11)21-17(20)9-7-15-13(3)18-19(5)14(15)4/h6,8,10H,7,9H2,1-5H3. The molecule has 0 saturated heterocycles. The predicted octanol–water partition coefficient (Wildman–Crippen LogP) is 3.19. The zero-order chi connectivity index (χ0) is 15.6. The Morgan fingerprint density at radius 3 is 2.52 bits per heavy atom. The lowest BCUT2D eigenvalue weighted by atomic mass is 10.1. The fraction of sp³-hybridized carbons (Fsp3) is 0.412. The van der Waals surface area contributed by atoms with Crippen molar-refractivity contribution >= 4 is 5.97 Å². The Labute approximate surface area is 125 Å². The average molecular weight is 286 g/mol. The maximum absolute atomic E-state index is 12.0. The molecule has 2 aromatic rings. The van der Waals surface area contributed by atoms with Gasteiger partial charge in [-0.15, -0.1) is 0 Å². The normalized spacial score (nSPS) is 10.7. The van der Waals surface area contributed by atoms with E-state index in [4.69, 9.17) is 4.74 Å². The van der Waals surface area contributed by atoms with Gasteiger partial charge in [0.05, 0.1) is 12.1 Å². The third kappa shape index (κ3) is 3.51. The molecule has 0 bridgehead atoms. The summed E-state index contributed by atoms with van der Waals surface area (Å²) in [4.78, 5) is 12.0. The number of esters is 1. The molecule has 4 nitrogen and oxygen atoms in total. The molecule has 0 N–H and O–H groups in total. The van der Waals surface area contributed by atoms with E-state index in [0.717, 1.165) is 28.1 Å². The number of nitrogens with zero attached hydrogens (tertiary/aromatic N) is 2. The molecule has 0 aliphatic rings. The highest BCUT2D eigenvalue weighted by atomic mass is 16.5. The van der Waals surface area contributed by atoms with E-state index in [9.17, 15) is 4.79 Å². The summed E-state index contributed by atoms with van der Waals surface area (Å²) in [6, 6.07) is 5.81. The largest absolute Gasteiger partial charge is 0.426 e. The van der Waals surface area contributed by atoms with Crippen LogP contribution in [0, 0.1) is 27.7 Å². The number of benzene rings is 1. The van der Waals surface area contributed by atoms with Crippen LogP contribution in [0.4, 0.5) is 0 Å². The van der Waals surface area contributed by atoms with Gasteiger partial charge in [0.2, 0.25) is 0 Å². The average Bonchev–Trinajstić information content (AvgIpc) is 2.65. The summed E-state index contributed by atoms with van der Waals surface area (Å²) in [7, 11) is 1.92. The lowest BCUT2D eigenvalue weighted by Gasteiger charge is -2.08. The van der Waals surface area contributed by atoms with E-state index in [2.05, 4.69) is 5.10 Å². The molecule has 4 heteroatoms. The van der Waals surface area contributed by atoms with Crippen LogP contribution in [-0.2, 0) is 18.3 Å². The Kier molecular flexibility index (Phi) is 4.46. The molecule has 0 saturated carbocycles. The monoisotopic (exact) mass is 286 g/mol. The lowest BCUT2D eigenvalue weighted by molar-refractivity contribution is -0.134. The smallest absolute Gasteiger partial charge is 0.311 e. The van der Waals surface area contributed by atoms with Crippen LogP contribution in [-0.4, -0.2) is 15.7 Å². The fourth-order valence-electron chi connectivity index (χ4n) is 2.49. The molecular weight excluding hydrogens is 264 g/mol. The predicted molar refractivity (Wildman–Crippen MR) is 82.6 cm³/mol. The molecule has 0 amide bonds. The number of carbonyl (C=O) groups is 1. The second kappa shape index (κ2) is 6.12. The van der Waals surface area contributed by atoms with Gasteiger partial charge < -0.3 is 4.74 Å². The molecule has 112 valence electrons. The maximum atomic E-state index is 12.0. The molecule has 0 unspecified atom stereocenters. The first kappa shape index (κ1) is 15.3. The summed E-state index contributed by atoms with van der Waals surface area (Å²) in [6.07, 6.45) is 1.02. The van der Waals surface area contributed by atoms with E-state index in [0.29, 0.717) is 18.6 Å². The minimum absolute atomic E-state index is 0.204. The van der Waals surface area contributed by atoms with Gasteiger partial charge in [-0.25, -0.2) is 0 Å². The number of hydrogen-bond donors (Lipinski definition) is 0. The van der Waals surface area contributed by atoms with Crippen molar-refractivity contribution in [3.8, 4) is 5.75 Å². The van der Waals surface area contributed by atoms with Crippen LogP contribution >= 0.6 is 0 Å². The van der Waals surface area contributed by atoms with E-state index in [1.807, 2.05) is 57.6 Å². The van der Waals surface area contributed by atoms with Crippen LogP contribution in [0.25, 0.3) is 0 Å². The Balaban J connectivity index is 1.99. The SMILES string of the molecule is Cc1ccc(OC(=O)CCc2c(C)nn(C)c2C)c(C)c1. The Hall–Kier alpha value is -2.10. The molecule has 21 heavy (non-hydrogen) atoms. The number of hydrogen-bond acceptors (Lipinski definition) is 3. The van der Waals surface area contributed by atoms with Crippen LogP contribution in [0.5, 0.6) is 5.75 Å². The van der Waals surface area contributed by atoms with Gasteiger partial charge in [0.25, 0.3) is 0 Å². The third-order valence-corrected chi connectivity index (χ3v) is 3.79. The molecule has 0 fully saturated rings. The Morgan fingerprint density at radius 2 is 1.95 bits per heavy atom. The number of rotatable bonds is 4. The van der Waals surface area contributed by atoms with E-state index in [1.165, 1.54) is 0 Å². The van der Waals surface area contributed by atoms with Crippen molar-refractivity contribution in [1.29, 1.82) is 0 Å². The van der Waals surface area contributed by atoms with Crippen LogP contribution in [0.2, 0.25) is 0 Å². The number of carbonyl (C=O) groups excluding carboxylic acids is 1. The molecule has 1 aromatic carbocycles. The van der Waals surface area contributed by atoms with Gasteiger partial charge in [-0.05, 0) is 51.3 Å². The second-order valence-corrected chi connectivity index (χ2v) is 5.52. The van der Waals surface area contributed by atoms with Crippen molar-refractivity contribution in [3.63, 3.8) is 0 Å². The van der Waals surface area contributed by atoms with Crippen molar-refractivity contribution in [1.82, 2.24) is 9.78 Å². The van der Waals surface area contributed by atoms with Gasteiger partial charge in [-0.2, -0.15) is 5.10 Å². The molecule has 1 aromatic heterocycles. The van der Waals surface area contributed by atoms with Gasteiger partial charge in [-0.3, -0.25) is 9.48 Å². The van der Waals surface area contributed by atoms with Crippen molar-refractivity contribution in [3.05, 3.63) is 46.3 Å².